The number of carbonyl (C=O) groups excluding carboxylic acids is 1. The fourth-order valence-corrected chi connectivity index (χ4v) is 2.67. The molecule has 0 unspecified atom stereocenters. The lowest BCUT2D eigenvalue weighted by Gasteiger charge is -2.12. The van der Waals surface area contributed by atoms with Crippen molar-refractivity contribution in [3.63, 3.8) is 0 Å². The molecule has 10 heteroatoms. The first-order valence-electron chi connectivity index (χ1n) is 7.55. The van der Waals surface area contributed by atoms with Gasteiger partial charge in [-0.15, -0.1) is 10.2 Å². The number of amides is 1. The molecule has 3 aromatic rings. The van der Waals surface area contributed by atoms with Gasteiger partial charge in [-0.25, -0.2) is 0 Å². The van der Waals surface area contributed by atoms with Crippen LogP contribution < -0.4 is 10.6 Å². The lowest BCUT2D eigenvalue weighted by Crippen LogP contribution is -2.14. The number of nitriles is 1. The van der Waals surface area contributed by atoms with Gasteiger partial charge in [-0.2, -0.15) is 10.5 Å². The highest BCUT2D eigenvalue weighted by atomic mass is 35.5. The third-order valence-corrected chi connectivity index (χ3v) is 4.08. The van der Waals surface area contributed by atoms with Gasteiger partial charge in [0.05, 0.1) is 27.0 Å². The molecule has 0 saturated heterocycles. The first-order valence-corrected chi connectivity index (χ1v) is 8.30. The van der Waals surface area contributed by atoms with Crippen molar-refractivity contribution < 1.29 is 4.79 Å². The van der Waals surface area contributed by atoms with E-state index >= 15 is 0 Å². The molecule has 0 radical (unpaired) electrons. The number of nitrogens with zero attached hydrogens (tertiary/aromatic N) is 4. The van der Waals surface area contributed by atoms with Crippen LogP contribution in [0.25, 0.3) is 5.57 Å². The van der Waals surface area contributed by atoms with E-state index in [4.69, 9.17) is 23.2 Å². The van der Waals surface area contributed by atoms with E-state index in [1.807, 2.05) is 6.07 Å². The van der Waals surface area contributed by atoms with Crippen molar-refractivity contribution in [1.82, 2.24) is 20.6 Å². The molecule has 1 amide bonds. The fourth-order valence-electron chi connectivity index (χ4n) is 2.18. The summed E-state index contributed by atoms with van der Waals surface area (Å²) < 4.78 is 0. The third kappa shape index (κ3) is 4.23. The molecule has 1 aromatic heterocycles. The molecule has 3 N–H and O–H groups in total. The van der Waals surface area contributed by atoms with Gasteiger partial charge >= 0.3 is 0 Å². The number of rotatable bonds is 5. The van der Waals surface area contributed by atoms with E-state index < -0.39 is 5.91 Å². The van der Waals surface area contributed by atoms with E-state index in [9.17, 15) is 10.1 Å². The zero-order valence-corrected chi connectivity index (χ0v) is 15.1. The standard InChI is InChI=1S/C17H11Cl2N7O/c18-12-5-3-6-13(19)15(12)22-17(27)11-4-1-2-7-14(11)21-9-10(8-20)16-23-25-26-24-16/h1-7,9,21H,(H,22,27)(H,23,24,25,26). The highest BCUT2D eigenvalue weighted by Crippen LogP contribution is 2.30. The number of carbonyl (C=O) groups is 1. The summed E-state index contributed by atoms with van der Waals surface area (Å²) in [6.07, 6.45) is 1.39. The Hall–Kier alpha value is -3.41. The molecule has 27 heavy (non-hydrogen) atoms. The van der Waals surface area contributed by atoms with Gasteiger partial charge < -0.3 is 10.6 Å². The second kappa shape index (κ2) is 8.31. The zero-order chi connectivity index (χ0) is 19.2. The van der Waals surface area contributed by atoms with Gasteiger partial charge in [0.1, 0.15) is 11.6 Å². The molecular formula is C17H11Cl2N7O. The van der Waals surface area contributed by atoms with Gasteiger partial charge in [-0.1, -0.05) is 41.4 Å². The predicted molar refractivity (Wildman–Crippen MR) is 102 cm³/mol. The number of anilines is 2. The van der Waals surface area contributed by atoms with Gasteiger partial charge in [0.15, 0.2) is 0 Å². The number of aromatic amines is 1. The summed E-state index contributed by atoms with van der Waals surface area (Å²) in [6, 6.07) is 13.7. The van der Waals surface area contributed by atoms with Crippen molar-refractivity contribution in [2.45, 2.75) is 0 Å². The van der Waals surface area contributed by atoms with Crippen LogP contribution in [-0.2, 0) is 0 Å². The second-order valence-electron chi connectivity index (χ2n) is 5.15. The number of tetrazole rings is 1. The van der Waals surface area contributed by atoms with Crippen LogP contribution in [0, 0.1) is 11.3 Å². The maximum atomic E-state index is 12.7. The van der Waals surface area contributed by atoms with Crippen LogP contribution >= 0.6 is 23.2 Å². The van der Waals surface area contributed by atoms with Crippen LogP contribution in [0.3, 0.4) is 0 Å². The first kappa shape index (κ1) is 18.4. The summed E-state index contributed by atoms with van der Waals surface area (Å²) in [4.78, 5) is 12.7. The summed E-state index contributed by atoms with van der Waals surface area (Å²) in [7, 11) is 0. The predicted octanol–water partition coefficient (Wildman–Crippen LogP) is 3.74. The average molecular weight is 400 g/mol. The number of hydrogen-bond donors (Lipinski definition) is 3. The van der Waals surface area contributed by atoms with E-state index in [-0.39, 0.29) is 11.4 Å². The van der Waals surface area contributed by atoms with Gasteiger partial charge in [0, 0.05) is 6.20 Å². The maximum absolute atomic E-state index is 12.7. The van der Waals surface area contributed by atoms with Crippen molar-refractivity contribution in [3.8, 4) is 6.07 Å². The van der Waals surface area contributed by atoms with Crippen LogP contribution in [0.4, 0.5) is 11.4 Å². The highest BCUT2D eigenvalue weighted by Gasteiger charge is 2.15. The Labute approximate surface area is 163 Å². The number of halogens is 2. The molecule has 0 aliphatic heterocycles. The van der Waals surface area contributed by atoms with Crippen LogP contribution in [0.5, 0.6) is 0 Å². The van der Waals surface area contributed by atoms with Crippen molar-refractivity contribution in [1.29, 1.82) is 5.26 Å². The summed E-state index contributed by atoms with van der Waals surface area (Å²) in [5.41, 5.74) is 1.26. The number of allylic oxidation sites excluding steroid dienone is 1. The number of aromatic nitrogens is 4. The molecule has 134 valence electrons. The number of hydrogen-bond acceptors (Lipinski definition) is 6. The number of para-hydroxylation sites is 2. The lowest BCUT2D eigenvalue weighted by atomic mass is 10.1. The normalized spacial score (nSPS) is 10.9. The average Bonchev–Trinajstić information content (AvgIpc) is 3.20. The van der Waals surface area contributed by atoms with Crippen molar-refractivity contribution in [2.75, 3.05) is 10.6 Å². The summed E-state index contributed by atoms with van der Waals surface area (Å²) >= 11 is 12.2. The van der Waals surface area contributed by atoms with E-state index in [2.05, 4.69) is 31.3 Å². The van der Waals surface area contributed by atoms with Crippen LogP contribution in [0.15, 0.2) is 48.7 Å². The molecule has 2 aromatic carbocycles. The van der Waals surface area contributed by atoms with E-state index in [1.54, 1.807) is 42.5 Å². The van der Waals surface area contributed by atoms with Gasteiger partial charge in [0.2, 0.25) is 5.82 Å². The third-order valence-electron chi connectivity index (χ3n) is 3.45. The summed E-state index contributed by atoms with van der Waals surface area (Å²) in [5.74, 6) is -0.283. The van der Waals surface area contributed by atoms with Crippen molar-refractivity contribution >= 4 is 46.1 Å². The molecule has 3 rings (SSSR count). The monoisotopic (exact) mass is 399 g/mol. The fraction of sp³-hybridized carbons (Fsp3) is 0. The van der Waals surface area contributed by atoms with E-state index in [0.717, 1.165) is 0 Å². The zero-order valence-electron chi connectivity index (χ0n) is 13.6. The van der Waals surface area contributed by atoms with Crippen LogP contribution in [0.2, 0.25) is 10.0 Å². The molecule has 8 nitrogen and oxygen atoms in total. The Morgan fingerprint density at radius 3 is 2.56 bits per heavy atom. The first-order chi connectivity index (χ1) is 13.1. The highest BCUT2D eigenvalue weighted by molar-refractivity contribution is 6.40. The topological polar surface area (TPSA) is 119 Å². The lowest BCUT2D eigenvalue weighted by molar-refractivity contribution is 0.102. The largest absolute Gasteiger partial charge is 0.360 e. The molecule has 0 spiro atoms. The molecule has 0 aliphatic rings. The minimum atomic E-state index is -0.417. The minimum Gasteiger partial charge on any atom is -0.360 e. The van der Waals surface area contributed by atoms with Gasteiger partial charge in [0.25, 0.3) is 5.91 Å². The molecule has 0 aliphatic carbocycles. The van der Waals surface area contributed by atoms with Crippen molar-refractivity contribution in [3.05, 3.63) is 70.1 Å². The number of H-pyrrole nitrogens is 1. The Balaban J connectivity index is 1.86. The molecular weight excluding hydrogens is 389 g/mol. The molecule has 0 saturated carbocycles. The van der Waals surface area contributed by atoms with E-state index in [0.29, 0.717) is 27.0 Å². The number of nitrogens with one attached hydrogen (secondary N) is 3. The Morgan fingerprint density at radius 1 is 1.15 bits per heavy atom. The maximum Gasteiger partial charge on any atom is 0.257 e. The van der Waals surface area contributed by atoms with E-state index in [1.165, 1.54) is 6.20 Å². The van der Waals surface area contributed by atoms with Gasteiger partial charge in [-0.05, 0) is 29.5 Å². The minimum absolute atomic E-state index is 0.134. The second-order valence-corrected chi connectivity index (χ2v) is 5.96. The molecule has 0 atom stereocenters. The van der Waals surface area contributed by atoms with Crippen LogP contribution in [0.1, 0.15) is 16.2 Å². The quantitative estimate of drug-likeness (QED) is 0.562. The number of benzene rings is 2. The van der Waals surface area contributed by atoms with Gasteiger partial charge in [-0.3, -0.25) is 4.79 Å². The summed E-state index contributed by atoms with van der Waals surface area (Å²) in [5, 5.41) is 28.7. The molecule has 0 bridgehead atoms. The SMILES string of the molecule is N#CC(=CNc1ccccc1C(=O)Nc1c(Cl)cccc1Cl)c1nn[nH]n1. The Morgan fingerprint density at radius 2 is 1.89 bits per heavy atom. The smallest absolute Gasteiger partial charge is 0.257 e. The van der Waals surface area contributed by atoms with Crippen molar-refractivity contribution in [2.24, 2.45) is 0 Å². The van der Waals surface area contributed by atoms with Crippen LogP contribution in [-0.4, -0.2) is 26.5 Å². The Kier molecular flexibility index (Phi) is 5.66. The molecule has 1 heterocycles. The molecule has 0 fully saturated rings. The Bertz CT molecular complexity index is 1020. The summed E-state index contributed by atoms with van der Waals surface area (Å²) in [6.45, 7) is 0.